The van der Waals surface area contributed by atoms with Crippen LogP contribution in [0.15, 0.2) is 28.7 Å². The van der Waals surface area contributed by atoms with Crippen molar-refractivity contribution in [2.24, 2.45) is 0 Å². The number of nitrogens with zero attached hydrogens (tertiary/aromatic N) is 1. The number of aryl methyl sites for hydroxylation is 1. The van der Waals surface area contributed by atoms with Gasteiger partial charge in [0.1, 0.15) is 0 Å². The summed E-state index contributed by atoms with van der Waals surface area (Å²) in [5.41, 5.74) is 2.72. The minimum Gasteiger partial charge on any atom is -0.345 e. The molecule has 0 saturated heterocycles. The summed E-state index contributed by atoms with van der Waals surface area (Å²) in [5.74, 6) is 0. The van der Waals surface area contributed by atoms with Crippen LogP contribution in [0.4, 0.5) is 0 Å². The maximum Gasteiger partial charge on any atom is 0.0493 e. The molecule has 0 saturated carbocycles. The molecule has 2 nitrogen and oxygen atoms in total. The van der Waals surface area contributed by atoms with E-state index in [0.29, 0.717) is 6.04 Å². The van der Waals surface area contributed by atoms with Crippen molar-refractivity contribution in [3.05, 3.63) is 34.4 Å². The predicted octanol–water partition coefficient (Wildman–Crippen LogP) is 3.57. The molecule has 1 atom stereocenters. The molecule has 0 radical (unpaired) electrons. The van der Waals surface area contributed by atoms with E-state index < -0.39 is 0 Å². The van der Waals surface area contributed by atoms with Crippen LogP contribution in [0.25, 0.3) is 10.9 Å². The van der Waals surface area contributed by atoms with Crippen molar-refractivity contribution in [2.45, 2.75) is 32.9 Å². The van der Waals surface area contributed by atoms with Crippen LogP contribution >= 0.6 is 15.9 Å². The highest BCUT2D eigenvalue weighted by Crippen LogP contribution is 2.27. The van der Waals surface area contributed by atoms with Crippen LogP contribution in [0, 0.1) is 0 Å². The van der Waals surface area contributed by atoms with Crippen molar-refractivity contribution < 1.29 is 0 Å². The molecule has 92 valence electrons. The van der Waals surface area contributed by atoms with Crippen LogP contribution < -0.4 is 5.32 Å². The van der Waals surface area contributed by atoms with Gasteiger partial charge in [-0.3, -0.25) is 0 Å². The fourth-order valence-electron chi connectivity index (χ4n) is 2.26. The number of likely N-dealkylation sites (N-methyl/N-ethyl adjacent to an activating group) is 1. The first kappa shape index (κ1) is 12.7. The van der Waals surface area contributed by atoms with Crippen molar-refractivity contribution in [2.75, 3.05) is 7.05 Å². The van der Waals surface area contributed by atoms with Crippen molar-refractivity contribution in [3.63, 3.8) is 0 Å². The summed E-state index contributed by atoms with van der Waals surface area (Å²) in [5, 5.41) is 4.61. The van der Waals surface area contributed by atoms with E-state index in [2.05, 4.69) is 63.9 Å². The Labute approximate surface area is 111 Å². The van der Waals surface area contributed by atoms with E-state index in [1.54, 1.807) is 0 Å². The van der Waals surface area contributed by atoms with Gasteiger partial charge in [0.05, 0.1) is 0 Å². The Hall–Kier alpha value is -0.800. The standard InChI is InChI=1S/C14H19BrN2/c1-4-17-11(8-10(2)16-3)9-12-13(15)6-5-7-14(12)17/h5-7,9-10,16H,4,8H2,1-3H3. The molecular formula is C14H19BrN2. The molecule has 0 amide bonds. The number of fused-ring (bicyclic) bond motifs is 1. The Kier molecular flexibility index (Phi) is 3.89. The second kappa shape index (κ2) is 5.23. The van der Waals surface area contributed by atoms with Gasteiger partial charge in [-0.1, -0.05) is 22.0 Å². The van der Waals surface area contributed by atoms with Crippen LogP contribution in [-0.4, -0.2) is 17.7 Å². The largest absolute Gasteiger partial charge is 0.345 e. The predicted molar refractivity (Wildman–Crippen MR) is 77.5 cm³/mol. The lowest BCUT2D eigenvalue weighted by molar-refractivity contribution is 0.581. The quantitative estimate of drug-likeness (QED) is 0.912. The van der Waals surface area contributed by atoms with E-state index in [1.165, 1.54) is 21.1 Å². The minimum atomic E-state index is 0.503. The highest BCUT2D eigenvalue weighted by atomic mass is 79.9. The van der Waals surface area contributed by atoms with Gasteiger partial charge < -0.3 is 9.88 Å². The average Bonchev–Trinajstić information content (AvgIpc) is 2.68. The number of hydrogen-bond acceptors (Lipinski definition) is 1. The van der Waals surface area contributed by atoms with Crippen LogP contribution in [-0.2, 0) is 13.0 Å². The number of hydrogen-bond donors (Lipinski definition) is 1. The first-order chi connectivity index (χ1) is 8.17. The van der Waals surface area contributed by atoms with Gasteiger partial charge in [0.2, 0.25) is 0 Å². The van der Waals surface area contributed by atoms with Crippen molar-refractivity contribution >= 4 is 26.8 Å². The highest BCUT2D eigenvalue weighted by Gasteiger charge is 2.11. The molecule has 1 unspecified atom stereocenters. The summed E-state index contributed by atoms with van der Waals surface area (Å²) in [4.78, 5) is 0. The zero-order valence-corrected chi connectivity index (χ0v) is 12.2. The first-order valence-corrected chi connectivity index (χ1v) is 6.90. The number of aromatic nitrogens is 1. The van der Waals surface area contributed by atoms with E-state index >= 15 is 0 Å². The normalized spacial score (nSPS) is 13.2. The molecule has 1 heterocycles. The zero-order chi connectivity index (χ0) is 12.4. The fraction of sp³-hybridized carbons (Fsp3) is 0.429. The Morgan fingerprint density at radius 3 is 2.82 bits per heavy atom. The molecule has 1 N–H and O–H groups in total. The molecule has 1 aromatic carbocycles. The van der Waals surface area contributed by atoms with Gasteiger partial charge in [0.25, 0.3) is 0 Å². The van der Waals surface area contributed by atoms with Gasteiger partial charge in [0.15, 0.2) is 0 Å². The van der Waals surface area contributed by atoms with E-state index in [4.69, 9.17) is 0 Å². The minimum absolute atomic E-state index is 0.503. The van der Waals surface area contributed by atoms with Crippen molar-refractivity contribution in [3.8, 4) is 0 Å². The third-order valence-electron chi connectivity index (χ3n) is 3.30. The summed E-state index contributed by atoms with van der Waals surface area (Å²) >= 11 is 3.63. The topological polar surface area (TPSA) is 17.0 Å². The van der Waals surface area contributed by atoms with Crippen LogP contribution in [0.3, 0.4) is 0 Å². The SMILES string of the molecule is CCn1c(CC(C)NC)cc2c(Br)cccc21. The second-order valence-corrected chi connectivity index (χ2v) is 5.30. The molecule has 3 heteroatoms. The van der Waals surface area contributed by atoms with E-state index in [9.17, 15) is 0 Å². The lowest BCUT2D eigenvalue weighted by Gasteiger charge is -2.12. The zero-order valence-electron chi connectivity index (χ0n) is 10.6. The molecule has 0 aliphatic carbocycles. The summed E-state index contributed by atoms with van der Waals surface area (Å²) in [6, 6.07) is 9.20. The summed E-state index contributed by atoms with van der Waals surface area (Å²) in [7, 11) is 2.01. The molecular weight excluding hydrogens is 276 g/mol. The maximum absolute atomic E-state index is 3.63. The summed E-state index contributed by atoms with van der Waals surface area (Å²) in [6.45, 7) is 5.44. The molecule has 0 spiro atoms. The number of halogens is 1. The molecule has 17 heavy (non-hydrogen) atoms. The Balaban J connectivity index is 2.52. The van der Waals surface area contributed by atoms with Crippen LogP contribution in [0.5, 0.6) is 0 Å². The molecule has 2 rings (SSSR count). The number of benzene rings is 1. The Morgan fingerprint density at radius 1 is 1.41 bits per heavy atom. The lowest BCUT2D eigenvalue weighted by atomic mass is 10.2. The van der Waals surface area contributed by atoms with Gasteiger partial charge >= 0.3 is 0 Å². The monoisotopic (exact) mass is 294 g/mol. The van der Waals surface area contributed by atoms with Crippen molar-refractivity contribution in [1.29, 1.82) is 0 Å². The van der Waals surface area contributed by atoms with Gasteiger partial charge in [-0.05, 0) is 39.1 Å². The molecule has 0 aliphatic heterocycles. The smallest absolute Gasteiger partial charge is 0.0493 e. The van der Waals surface area contributed by atoms with E-state index in [1.807, 2.05) is 7.05 Å². The second-order valence-electron chi connectivity index (χ2n) is 4.45. The van der Waals surface area contributed by atoms with Crippen LogP contribution in [0.2, 0.25) is 0 Å². The Bertz CT molecular complexity index is 516. The average molecular weight is 295 g/mol. The van der Waals surface area contributed by atoms with Gasteiger partial charge in [-0.15, -0.1) is 0 Å². The first-order valence-electron chi connectivity index (χ1n) is 6.11. The van der Waals surface area contributed by atoms with Gasteiger partial charge in [-0.2, -0.15) is 0 Å². The molecule has 1 aromatic heterocycles. The third-order valence-corrected chi connectivity index (χ3v) is 3.99. The van der Waals surface area contributed by atoms with Crippen molar-refractivity contribution in [1.82, 2.24) is 9.88 Å². The van der Waals surface area contributed by atoms with Gasteiger partial charge in [-0.25, -0.2) is 0 Å². The van der Waals surface area contributed by atoms with E-state index in [-0.39, 0.29) is 0 Å². The fourth-order valence-corrected chi connectivity index (χ4v) is 2.73. The summed E-state index contributed by atoms with van der Waals surface area (Å²) in [6.07, 6.45) is 1.06. The van der Waals surface area contributed by atoms with E-state index in [0.717, 1.165) is 13.0 Å². The van der Waals surface area contributed by atoms with Crippen LogP contribution in [0.1, 0.15) is 19.5 Å². The molecule has 2 aromatic rings. The van der Waals surface area contributed by atoms with Gasteiger partial charge in [0, 0.05) is 40.1 Å². The molecule has 0 bridgehead atoms. The summed E-state index contributed by atoms with van der Waals surface area (Å²) < 4.78 is 3.58. The number of nitrogens with one attached hydrogen (secondary N) is 1. The molecule has 0 aliphatic rings. The molecule has 0 fully saturated rings. The number of rotatable bonds is 4. The Morgan fingerprint density at radius 2 is 2.18 bits per heavy atom. The lowest BCUT2D eigenvalue weighted by Crippen LogP contribution is -2.24. The third kappa shape index (κ3) is 2.40. The maximum atomic E-state index is 3.63. The highest BCUT2D eigenvalue weighted by molar-refractivity contribution is 9.10.